The van der Waals surface area contributed by atoms with Crippen molar-refractivity contribution in [1.82, 2.24) is 4.57 Å². The molecule has 0 unspecified atom stereocenters. The smallest absolute Gasteiger partial charge is 0.382 e. The molecule has 1 aromatic rings. The van der Waals surface area contributed by atoms with Crippen LogP contribution in [-0.2, 0) is 12.7 Å². The number of nitrogens with one attached hydrogen (secondary N) is 1. The molecule has 8 heteroatoms. The van der Waals surface area contributed by atoms with Crippen LogP contribution < -0.4 is 10.9 Å². The fraction of sp³-hybridized carbons (Fsp3) is 0.444. The first-order valence-corrected chi connectivity index (χ1v) is 4.73. The van der Waals surface area contributed by atoms with Crippen LogP contribution in [0.1, 0.15) is 12.6 Å². The first kappa shape index (κ1) is 13.2. The molecule has 0 atom stereocenters. The summed E-state index contributed by atoms with van der Waals surface area (Å²) in [6.45, 7) is 1.26. The number of hydrogen-bond acceptors (Lipinski definition) is 4. The standard InChI is InChI=1S/C9H10F3N3O2/c1-3-15-6(9(10,11)12)4-5(14-17)7(13-2)8(15)16/h4,13H,3H2,1-2H3. The summed E-state index contributed by atoms with van der Waals surface area (Å²) in [6, 6.07) is 0.559. The maximum atomic E-state index is 12.6. The molecule has 0 saturated heterocycles. The normalized spacial score (nSPS) is 11.4. The van der Waals surface area contributed by atoms with E-state index in [-0.39, 0.29) is 12.2 Å². The second-order valence-corrected chi connectivity index (χ2v) is 3.18. The van der Waals surface area contributed by atoms with E-state index in [0.29, 0.717) is 10.6 Å². The fourth-order valence-electron chi connectivity index (χ4n) is 1.49. The third kappa shape index (κ3) is 2.29. The molecule has 0 bridgehead atoms. The van der Waals surface area contributed by atoms with Crippen molar-refractivity contribution in [3.63, 3.8) is 0 Å². The monoisotopic (exact) mass is 249 g/mol. The Kier molecular flexibility index (Phi) is 3.54. The second-order valence-electron chi connectivity index (χ2n) is 3.18. The highest BCUT2D eigenvalue weighted by Gasteiger charge is 2.35. The van der Waals surface area contributed by atoms with Gasteiger partial charge in [0.2, 0.25) is 0 Å². The molecule has 1 aromatic heterocycles. The Hall–Kier alpha value is -1.86. The summed E-state index contributed by atoms with van der Waals surface area (Å²) >= 11 is 0. The molecule has 0 aromatic carbocycles. The van der Waals surface area contributed by atoms with Crippen molar-refractivity contribution in [3.05, 3.63) is 27.0 Å². The molecule has 0 amide bonds. The Bertz CT molecular complexity index is 493. The van der Waals surface area contributed by atoms with Gasteiger partial charge in [0.05, 0.1) is 0 Å². The third-order valence-corrected chi connectivity index (χ3v) is 2.23. The van der Waals surface area contributed by atoms with Crippen LogP contribution in [0.25, 0.3) is 0 Å². The number of hydrogen-bond donors (Lipinski definition) is 1. The molecule has 1 heterocycles. The van der Waals surface area contributed by atoms with E-state index < -0.39 is 23.1 Å². The fourth-order valence-corrected chi connectivity index (χ4v) is 1.49. The summed E-state index contributed by atoms with van der Waals surface area (Å²) in [5, 5.41) is 4.80. The van der Waals surface area contributed by atoms with Crippen molar-refractivity contribution < 1.29 is 13.2 Å². The van der Waals surface area contributed by atoms with E-state index in [0.717, 1.165) is 0 Å². The van der Waals surface area contributed by atoms with Crippen LogP contribution in [0.15, 0.2) is 16.0 Å². The minimum absolute atomic E-state index is 0.151. The quantitative estimate of drug-likeness (QED) is 0.836. The van der Waals surface area contributed by atoms with Gasteiger partial charge in [0, 0.05) is 13.6 Å². The highest BCUT2D eigenvalue weighted by atomic mass is 19.4. The van der Waals surface area contributed by atoms with Gasteiger partial charge in [-0.2, -0.15) is 13.2 Å². The zero-order valence-electron chi connectivity index (χ0n) is 9.13. The maximum Gasteiger partial charge on any atom is 0.431 e. The Labute approximate surface area is 94.2 Å². The Balaban J connectivity index is 3.69. The third-order valence-electron chi connectivity index (χ3n) is 2.23. The molecule has 0 aliphatic rings. The molecule has 0 aliphatic carbocycles. The minimum Gasteiger partial charge on any atom is -0.382 e. The van der Waals surface area contributed by atoms with E-state index in [1.807, 2.05) is 0 Å². The zero-order valence-corrected chi connectivity index (χ0v) is 9.13. The number of aromatic nitrogens is 1. The molecular weight excluding hydrogens is 239 g/mol. The van der Waals surface area contributed by atoms with Crippen LogP contribution in [0.3, 0.4) is 0 Å². The van der Waals surface area contributed by atoms with E-state index in [9.17, 15) is 22.9 Å². The summed E-state index contributed by atoms with van der Waals surface area (Å²) in [7, 11) is 1.33. The van der Waals surface area contributed by atoms with Gasteiger partial charge in [0.25, 0.3) is 5.56 Å². The summed E-state index contributed by atoms with van der Waals surface area (Å²) < 4.78 is 38.5. The highest BCUT2D eigenvalue weighted by molar-refractivity contribution is 5.64. The minimum atomic E-state index is -4.71. The molecule has 0 fully saturated rings. The van der Waals surface area contributed by atoms with Gasteiger partial charge >= 0.3 is 6.18 Å². The van der Waals surface area contributed by atoms with Gasteiger partial charge in [-0.1, -0.05) is 0 Å². The van der Waals surface area contributed by atoms with Crippen molar-refractivity contribution in [1.29, 1.82) is 0 Å². The molecule has 0 radical (unpaired) electrons. The van der Waals surface area contributed by atoms with Gasteiger partial charge in [-0.05, 0) is 18.2 Å². The molecule has 94 valence electrons. The number of nitroso groups, excluding NO2 is 1. The van der Waals surface area contributed by atoms with Crippen LogP contribution >= 0.6 is 0 Å². The van der Waals surface area contributed by atoms with Crippen LogP contribution in [0.2, 0.25) is 0 Å². The first-order chi connectivity index (χ1) is 7.86. The van der Waals surface area contributed by atoms with Crippen LogP contribution in [0, 0.1) is 4.91 Å². The molecular formula is C9H10F3N3O2. The lowest BCUT2D eigenvalue weighted by Crippen LogP contribution is -2.29. The van der Waals surface area contributed by atoms with Gasteiger partial charge < -0.3 is 9.88 Å². The van der Waals surface area contributed by atoms with Crippen molar-refractivity contribution in [3.8, 4) is 0 Å². The lowest BCUT2D eigenvalue weighted by atomic mass is 10.2. The van der Waals surface area contributed by atoms with E-state index in [2.05, 4.69) is 10.5 Å². The first-order valence-electron chi connectivity index (χ1n) is 4.73. The molecule has 0 spiro atoms. The lowest BCUT2D eigenvalue weighted by Gasteiger charge is -2.15. The Morgan fingerprint density at radius 2 is 2.06 bits per heavy atom. The molecule has 5 nitrogen and oxygen atoms in total. The van der Waals surface area contributed by atoms with Crippen molar-refractivity contribution in [2.75, 3.05) is 12.4 Å². The van der Waals surface area contributed by atoms with Gasteiger partial charge in [-0.25, -0.2) is 0 Å². The number of nitrogens with zero attached hydrogens (tertiary/aromatic N) is 2. The number of alkyl halides is 3. The number of anilines is 1. The Morgan fingerprint density at radius 3 is 2.41 bits per heavy atom. The van der Waals surface area contributed by atoms with E-state index in [1.165, 1.54) is 14.0 Å². The van der Waals surface area contributed by atoms with Crippen LogP contribution in [-0.4, -0.2) is 11.6 Å². The van der Waals surface area contributed by atoms with Crippen molar-refractivity contribution in [2.24, 2.45) is 5.18 Å². The van der Waals surface area contributed by atoms with E-state index >= 15 is 0 Å². The highest BCUT2D eigenvalue weighted by Crippen LogP contribution is 2.33. The average Bonchev–Trinajstić information content (AvgIpc) is 2.26. The van der Waals surface area contributed by atoms with Crippen molar-refractivity contribution >= 4 is 11.4 Å². The van der Waals surface area contributed by atoms with Gasteiger partial charge in [0.1, 0.15) is 17.1 Å². The number of pyridine rings is 1. The second kappa shape index (κ2) is 4.56. The van der Waals surface area contributed by atoms with Crippen LogP contribution in [0.4, 0.5) is 24.5 Å². The molecule has 0 aliphatic heterocycles. The molecule has 1 rings (SSSR count). The summed E-state index contributed by atoms with van der Waals surface area (Å²) in [6.07, 6.45) is -4.71. The number of halogens is 3. The summed E-state index contributed by atoms with van der Waals surface area (Å²) in [4.78, 5) is 22.1. The van der Waals surface area contributed by atoms with Crippen LogP contribution in [0.5, 0.6) is 0 Å². The Morgan fingerprint density at radius 1 is 1.47 bits per heavy atom. The zero-order chi connectivity index (χ0) is 13.2. The molecule has 1 N–H and O–H groups in total. The summed E-state index contributed by atoms with van der Waals surface area (Å²) in [5.41, 5.74) is -2.89. The van der Waals surface area contributed by atoms with Gasteiger partial charge in [-0.3, -0.25) is 4.79 Å². The molecule has 0 saturated carbocycles. The summed E-state index contributed by atoms with van der Waals surface area (Å²) in [5.74, 6) is 0. The topological polar surface area (TPSA) is 63.5 Å². The maximum absolute atomic E-state index is 12.6. The van der Waals surface area contributed by atoms with E-state index in [4.69, 9.17) is 0 Å². The number of rotatable bonds is 3. The van der Waals surface area contributed by atoms with Crippen molar-refractivity contribution in [2.45, 2.75) is 19.6 Å². The predicted octanol–water partition coefficient (Wildman–Crippen LogP) is 2.33. The van der Waals surface area contributed by atoms with E-state index in [1.54, 1.807) is 0 Å². The molecule has 17 heavy (non-hydrogen) atoms. The average molecular weight is 249 g/mol. The lowest BCUT2D eigenvalue weighted by molar-refractivity contribution is -0.144. The van der Waals surface area contributed by atoms with Gasteiger partial charge in [-0.15, -0.1) is 4.91 Å². The SMILES string of the molecule is CCn1c(C(F)(F)F)cc(N=O)c(NC)c1=O. The largest absolute Gasteiger partial charge is 0.431 e. The predicted molar refractivity (Wildman–Crippen MR) is 56.4 cm³/mol. The van der Waals surface area contributed by atoms with Gasteiger partial charge in [0.15, 0.2) is 0 Å².